The van der Waals surface area contributed by atoms with Crippen molar-refractivity contribution in [1.29, 1.82) is 0 Å². The summed E-state index contributed by atoms with van der Waals surface area (Å²) in [6, 6.07) is 12.1. The SMILES string of the molecule is C[C@H](C(=O)NCc1ccccc1)[NH+]1CCN(c2ccc(C(F)(F)F)c[nH+]2)CC1. The molecule has 0 saturated carbocycles. The zero-order valence-electron chi connectivity index (χ0n) is 15.7. The van der Waals surface area contributed by atoms with Crippen LogP contribution in [0.2, 0.25) is 0 Å². The second-order valence-corrected chi connectivity index (χ2v) is 7.03. The van der Waals surface area contributed by atoms with Crippen molar-refractivity contribution >= 4 is 11.7 Å². The van der Waals surface area contributed by atoms with Gasteiger partial charge in [-0.3, -0.25) is 9.69 Å². The topological polar surface area (TPSA) is 50.9 Å². The summed E-state index contributed by atoms with van der Waals surface area (Å²) in [4.78, 5) is 18.4. The number of rotatable bonds is 5. The van der Waals surface area contributed by atoms with Gasteiger partial charge in [-0.25, -0.2) is 4.98 Å². The molecular formula is C20H25F3N4O+2. The van der Waals surface area contributed by atoms with E-state index in [2.05, 4.69) is 10.3 Å². The number of nitrogens with one attached hydrogen (secondary N) is 3. The van der Waals surface area contributed by atoms with E-state index in [4.69, 9.17) is 0 Å². The number of aromatic nitrogens is 1. The minimum Gasteiger partial charge on any atom is -0.347 e. The molecule has 0 unspecified atom stereocenters. The number of benzene rings is 1. The molecule has 0 bridgehead atoms. The summed E-state index contributed by atoms with van der Waals surface area (Å²) in [6.45, 7) is 5.25. The van der Waals surface area contributed by atoms with Gasteiger partial charge in [-0.2, -0.15) is 13.2 Å². The number of H-pyrrole nitrogens is 1. The Kier molecular flexibility index (Phi) is 6.18. The maximum Gasteiger partial charge on any atom is 0.419 e. The number of nitrogens with zero attached hydrogens (tertiary/aromatic N) is 1. The van der Waals surface area contributed by atoms with E-state index in [1.807, 2.05) is 42.2 Å². The molecule has 150 valence electrons. The smallest absolute Gasteiger partial charge is 0.347 e. The quantitative estimate of drug-likeness (QED) is 0.793. The predicted molar refractivity (Wildman–Crippen MR) is 98.7 cm³/mol. The van der Waals surface area contributed by atoms with Gasteiger partial charge in [-0.05, 0) is 18.6 Å². The van der Waals surface area contributed by atoms with Crippen LogP contribution in [-0.2, 0) is 17.5 Å². The Morgan fingerprint density at radius 1 is 1.18 bits per heavy atom. The van der Waals surface area contributed by atoms with Gasteiger partial charge in [0.2, 0.25) is 0 Å². The van der Waals surface area contributed by atoms with Crippen molar-refractivity contribution in [2.45, 2.75) is 25.7 Å². The number of alkyl halides is 3. The first kappa shape index (κ1) is 20.1. The van der Waals surface area contributed by atoms with Crippen LogP contribution in [0, 0.1) is 0 Å². The van der Waals surface area contributed by atoms with E-state index in [1.54, 1.807) is 0 Å². The van der Waals surface area contributed by atoms with Gasteiger partial charge in [0.15, 0.2) is 6.04 Å². The van der Waals surface area contributed by atoms with Crippen LogP contribution in [0.4, 0.5) is 19.0 Å². The third-order valence-electron chi connectivity index (χ3n) is 5.19. The molecule has 1 amide bonds. The van der Waals surface area contributed by atoms with E-state index in [1.165, 1.54) is 11.0 Å². The number of piperazine rings is 1. The van der Waals surface area contributed by atoms with Gasteiger partial charge in [0.05, 0.1) is 5.56 Å². The molecule has 8 heteroatoms. The number of halogens is 3. The van der Waals surface area contributed by atoms with Crippen LogP contribution in [0.15, 0.2) is 48.7 Å². The van der Waals surface area contributed by atoms with Crippen molar-refractivity contribution < 1.29 is 27.8 Å². The number of aromatic amines is 1. The molecule has 0 radical (unpaired) electrons. The van der Waals surface area contributed by atoms with Gasteiger partial charge in [0, 0.05) is 12.6 Å². The van der Waals surface area contributed by atoms with Gasteiger partial charge in [-0.1, -0.05) is 30.3 Å². The summed E-state index contributed by atoms with van der Waals surface area (Å²) < 4.78 is 38.0. The van der Waals surface area contributed by atoms with Crippen molar-refractivity contribution in [3.63, 3.8) is 0 Å². The van der Waals surface area contributed by atoms with Crippen LogP contribution < -0.4 is 20.1 Å². The molecule has 1 aromatic carbocycles. The van der Waals surface area contributed by atoms with Crippen LogP contribution in [0.25, 0.3) is 0 Å². The Hall–Kier alpha value is -2.61. The summed E-state index contributed by atoms with van der Waals surface area (Å²) in [7, 11) is 0. The van der Waals surface area contributed by atoms with Crippen LogP contribution in [0.3, 0.4) is 0 Å². The van der Waals surface area contributed by atoms with Crippen LogP contribution in [0.1, 0.15) is 18.1 Å². The molecule has 2 heterocycles. The van der Waals surface area contributed by atoms with Gasteiger partial charge in [0.1, 0.15) is 32.4 Å². The molecule has 1 aliphatic heterocycles. The summed E-state index contributed by atoms with van der Waals surface area (Å²) in [5.74, 6) is 0.668. The van der Waals surface area contributed by atoms with E-state index in [0.717, 1.165) is 30.9 Å². The molecular weight excluding hydrogens is 369 g/mol. The third kappa shape index (κ3) is 5.01. The lowest BCUT2D eigenvalue weighted by molar-refractivity contribution is -0.914. The van der Waals surface area contributed by atoms with Crippen LogP contribution in [0.5, 0.6) is 0 Å². The van der Waals surface area contributed by atoms with Crippen molar-refractivity contribution in [3.8, 4) is 0 Å². The molecule has 28 heavy (non-hydrogen) atoms. The monoisotopic (exact) mass is 394 g/mol. The van der Waals surface area contributed by atoms with E-state index in [-0.39, 0.29) is 11.9 Å². The summed E-state index contributed by atoms with van der Waals surface area (Å²) in [5, 5.41) is 2.97. The number of amides is 1. The van der Waals surface area contributed by atoms with Crippen molar-refractivity contribution in [3.05, 3.63) is 59.8 Å². The highest BCUT2D eigenvalue weighted by molar-refractivity contribution is 5.79. The van der Waals surface area contributed by atoms with Crippen LogP contribution in [-0.4, -0.2) is 38.1 Å². The molecule has 1 fully saturated rings. The lowest BCUT2D eigenvalue weighted by atomic mass is 10.2. The molecule has 1 aromatic heterocycles. The van der Waals surface area contributed by atoms with Gasteiger partial charge >= 0.3 is 6.18 Å². The fourth-order valence-corrected chi connectivity index (χ4v) is 3.38. The zero-order valence-corrected chi connectivity index (χ0v) is 15.7. The normalized spacial score (nSPS) is 16.6. The van der Waals surface area contributed by atoms with Gasteiger partial charge in [-0.15, -0.1) is 0 Å². The number of carbonyl (C=O) groups is 1. The first-order valence-corrected chi connectivity index (χ1v) is 9.34. The average molecular weight is 394 g/mol. The summed E-state index contributed by atoms with van der Waals surface area (Å²) in [6.07, 6.45) is -3.35. The van der Waals surface area contributed by atoms with E-state index in [9.17, 15) is 18.0 Å². The maximum atomic E-state index is 12.7. The van der Waals surface area contributed by atoms with E-state index >= 15 is 0 Å². The number of hydrogen-bond donors (Lipinski definition) is 2. The van der Waals surface area contributed by atoms with E-state index < -0.39 is 11.7 Å². The molecule has 3 N–H and O–H groups in total. The Morgan fingerprint density at radius 2 is 1.86 bits per heavy atom. The second-order valence-electron chi connectivity index (χ2n) is 7.03. The molecule has 0 spiro atoms. The van der Waals surface area contributed by atoms with Crippen molar-refractivity contribution in [1.82, 2.24) is 5.32 Å². The number of carbonyl (C=O) groups excluding carboxylic acids is 1. The highest BCUT2D eigenvalue weighted by Gasteiger charge is 2.34. The number of pyridine rings is 1. The van der Waals surface area contributed by atoms with E-state index in [0.29, 0.717) is 25.5 Å². The molecule has 5 nitrogen and oxygen atoms in total. The second kappa shape index (κ2) is 8.60. The highest BCUT2D eigenvalue weighted by atomic mass is 19.4. The Morgan fingerprint density at radius 3 is 2.43 bits per heavy atom. The first-order chi connectivity index (χ1) is 13.3. The molecule has 1 atom stereocenters. The number of anilines is 1. The Labute approximate surface area is 162 Å². The molecule has 0 aliphatic carbocycles. The Bertz CT molecular complexity index is 772. The fraction of sp³-hybridized carbons (Fsp3) is 0.400. The lowest BCUT2D eigenvalue weighted by Gasteiger charge is -2.31. The standard InChI is InChI=1S/C20H23F3N4O/c1-15(19(28)25-13-16-5-3-2-4-6-16)26-9-11-27(12-10-26)18-8-7-17(14-24-18)20(21,22)23/h2-8,14-15H,9-13H2,1H3,(H,25,28)/p+2/t15-/m1/s1. The zero-order chi connectivity index (χ0) is 20.1. The average Bonchev–Trinajstić information content (AvgIpc) is 2.72. The third-order valence-corrected chi connectivity index (χ3v) is 5.19. The summed E-state index contributed by atoms with van der Waals surface area (Å²) >= 11 is 0. The predicted octanol–water partition coefficient (Wildman–Crippen LogP) is 0.929. The minimum atomic E-state index is -4.35. The summed E-state index contributed by atoms with van der Waals surface area (Å²) in [5.41, 5.74) is 0.366. The molecule has 1 saturated heterocycles. The maximum absolute atomic E-state index is 12.7. The Balaban J connectivity index is 1.49. The van der Waals surface area contributed by atoms with Gasteiger partial charge in [0.25, 0.3) is 11.7 Å². The highest BCUT2D eigenvalue weighted by Crippen LogP contribution is 2.28. The number of hydrogen-bond acceptors (Lipinski definition) is 2. The van der Waals surface area contributed by atoms with Crippen molar-refractivity contribution in [2.75, 3.05) is 31.1 Å². The number of quaternary nitrogens is 1. The molecule has 2 aromatic rings. The fourth-order valence-electron chi connectivity index (χ4n) is 3.38. The largest absolute Gasteiger partial charge is 0.419 e. The minimum absolute atomic E-state index is 0.00777. The lowest BCUT2D eigenvalue weighted by Crippen LogP contribution is -3.19. The first-order valence-electron chi connectivity index (χ1n) is 9.34. The van der Waals surface area contributed by atoms with Crippen molar-refractivity contribution in [2.24, 2.45) is 0 Å². The van der Waals surface area contributed by atoms with Gasteiger partial charge < -0.3 is 10.2 Å². The van der Waals surface area contributed by atoms with Crippen LogP contribution >= 0.6 is 0 Å². The molecule has 1 aliphatic rings. The molecule has 3 rings (SSSR count).